The summed E-state index contributed by atoms with van der Waals surface area (Å²) in [6.45, 7) is -0.802. The van der Waals surface area contributed by atoms with Crippen LogP contribution in [-0.2, 0) is 20.9 Å². The number of fused-ring (bicyclic) bond motifs is 1. The van der Waals surface area contributed by atoms with Gasteiger partial charge < -0.3 is 14.2 Å². The zero-order valence-electron chi connectivity index (χ0n) is 21.5. The molecular formula is C30H23BrN2O7S. The van der Waals surface area contributed by atoms with Crippen LogP contribution in [0.3, 0.4) is 0 Å². The quantitative estimate of drug-likeness (QED) is 0.209. The second kappa shape index (κ2) is 12.9. The maximum atomic E-state index is 13.0. The molecule has 11 heteroatoms. The fraction of sp³-hybridized carbons (Fsp3) is 0.133. The smallest absolute Gasteiger partial charge is 0.338 e. The number of carbonyl (C=O) groups is 2. The van der Waals surface area contributed by atoms with Gasteiger partial charge in [-0.15, -0.1) is 11.3 Å². The van der Waals surface area contributed by atoms with Gasteiger partial charge in [-0.3, -0.25) is 14.3 Å². The van der Waals surface area contributed by atoms with E-state index in [1.54, 1.807) is 66.0 Å². The normalized spacial score (nSPS) is 11.1. The Bertz CT molecular complexity index is 1730. The Morgan fingerprint density at radius 2 is 1.39 bits per heavy atom. The molecule has 0 atom stereocenters. The highest BCUT2D eigenvalue weighted by Gasteiger charge is 2.20. The number of benzene rings is 3. The number of halogens is 1. The molecule has 0 aliphatic rings. The molecule has 0 spiro atoms. The van der Waals surface area contributed by atoms with Gasteiger partial charge in [0.15, 0.2) is 0 Å². The van der Waals surface area contributed by atoms with E-state index < -0.39 is 29.3 Å². The van der Waals surface area contributed by atoms with Gasteiger partial charge in [-0.05, 0) is 42.0 Å². The fourth-order valence-corrected chi connectivity index (χ4v) is 5.28. The van der Waals surface area contributed by atoms with Crippen molar-refractivity contribution in [3.63, 3.8) is 0 Å². The van der Waals surface area contributed by atoms with Crippen molar-refractivity contribution in [2.75, 3.05) is 13.2 Å². The monoisotopic (exact) mass is 634 g/mol. The van der Waals surface area contributed by atoms with Crippen molar-refractivity contribution in [3.05, 3.63) is 127 Å². The van der Waals surface area contributed by atoms with Crippen LogP contribution in [0.2, 0.25) is 0 Å². The van der Waals surface area contributed by atoms with E-state index in [1.165, 1.54) is 15.9 Å². The van der Waals surface area contributed by atoms with Crippen LogP contribution in [-0.4, -0.2) is 40.8 Å². The summed E-state index contributed by atoms with van der Waals surface area (Å²) in [7, 11) is 0. The van der Waals surface area contributed by atoms with E-state index in [0.717, 1.165) is 10.0 Å². The van der Waals surface area contributed by atoms with Gasteiger partial charge in [0.2, 0.25) is 0 Å². The third-order valence-electron chi connectivity index (χ3n) is 6.12. The number of rotatable bonds is 10. The van der Waals surface area contributed by atoms with E-state index >= 15 is 0 Å². The molecule has 5 aromatic rings. The molecule has 2 heterocycles. The molecule has 0 fully saturated rings. The molecule has 0 unspecified atom stereocenters. The van der Waals surface area contributed by atoms with Crippen molar-refractivity contribution in [3.8, 4) is 11.1 Å². The largest absolute Gasteiger partial charge is 0.459 e. The Kier molecular flexibility index (Phi) is 8.88. The topological polar surface area (TPSA) is 117 Å². The second-order valence-electron chi connectivity index (χ2n) is 8.87. The number of esters is 2. The number of nitrogens with one attached hydrogen (secondary N) is 1. The van der Waals surface area contributed by atoms with Crippen LogP contribution in [0, 0.1) is 0 Å². The van der Waals surface area contributed by atoms with Gasteiger partial charge in [0, 0.05) is 15.4 Å². The molecule has 0 aliphatic carbocycles. The number of H-pyrrole nitrogens is 1. The van der Waals surface area contributed by atoms with Gasteiger partial charge in [0.25, 0.3) is 5.56 Å². The zero-order chi connectivity index (χ0) is 28.8. The number of hydrogen-bond donors (Lipinski definition) is 1. The van der Waals surface area contributed by atoms with Crippen molar-refractivity contribution in [2.45, 2.75) is 12.8 Å². The summed E-state index contributed by atoms with van der Waals surface area (Å²) in [4.78, 5) is 53.0. The third-order valence-corrected chi connectivity index (χ3v) is 7.62. The zero-order valence-corrected chi connectivity index (χ0v) is 23.9. The summed E-state index contributed by atoms with van der Waals surface area (Å²) in [6, 6.07) is 24.3. The molecule has 2 aromatic heterocycles. The van der Waals surface area contributed by atoms with Gasteiger partial charge in [-0.1, -0.05) is 64.5 Å². The summed E-state index contributed by atoms with van der Waals surface area (Å²) in [5.41, 5.74) is 1.44. The lowest BCUT2D eigenvalue weighted by Gasteiger charge is -2.19. The van der Waals surface area contributed by atoms with E-state index in [0.29, 0.717) is 26.9 Å². The van der Waals surface area contributed by atoms with Crippen LogP contribution < -0.4 is 11.2 Å². The lowest BCUT2D eigenvalue weighted by atomic mass is 10.1. The van der Waals surface area contributed by atoms with Crippen molar-refractivity contribution >= 4 is 49.4 Å². The van der Waals surface area contributed by atoms with Gasteiger partial charge in [-0.2, -0.15) is 0 Å². The number of thiophene rings is 1. The van der Waals surface area contributed by atoms with Crippen LogP contribution in [0.25, 0.3) is 21.3 Å². The number of aromatic nitrogens is 2. The summed E-state index contributed by atoms with van der Waals surface area (Å²) in [5, 5.41) is 1.81. The van der Waals surface area contributed by atoms with E-state index in [-0.39, 0.29) is 19.9 Å². The molecule has 208 valence electrons. The highest BCUT2D eigenvalue weighted by molar-refractivity contribution is 9.10. The van der Waals surface area contributed by atoms with Gasteiger partial charge in [-0.25, -0.2) is 14.4 Å². The van der Waals surface area contributed by atoms with E-state index in [9.17, 15) is 19.2 Å². The molecule has 0 saturated carbocycles. The minimum absolute atomic E-state index is 0.250. The molecule has 3 aromatic carbocycles. The fourth-order valence-electron chi connectivity index (χ4n) is 4.04. The van der Waals surface area contributed by atoms with E-state index in [2.05, 4.69) is 20.9 Å². The first-order chi connectivity index (χ1) is 19.9. The van der Waals surface area contributed by atoms with E-state index in [1.807, 2.05) is 24.3 Å². The third kappa shape index (κ3) is 6.71. The number of aromatic amines is 1. The molecule has 0 amide bonds. The molecule has 0 aliphatic heterocycles. The van der Waals surface area contributed by atoms with Crippen LogP contribution in [0.15, 0.2) is 104 Å². The van der Waals surface area contributed by atoms with Gasteiger partial charge >= 0.3 is 17.6 Å². The summed E-state index contributed by atoms with van der Waals surface area (Å²) < 4.78 is 19.4. The number of carbonyl (C=O) groups excluding carboxylic acids is 2. The molecule has 9 nitrogen and oxygen atoms in total. The summed E-state index contributed by atoms with van der Waals surface area (Å²) >= 11 is 4.63. The predicted octanol–water partition coefficient (Wildman–Crippen LogP) is 5.24. The van der Waals surface area contributed by atoms with Crippen LogP contribution in [0.5, 0.6) is 0 Å². The first-order valence-corrected chi connectivity index (χ1v) is 14.1. The lowest BCUT2D eigenvalue weighted by Crippen LogP contribution is -2.34. The lowest BCUT2D eigenvalue weighted by molar-refractivity contribution is -0.0624. The average Bonchev–Trinajstić information content (AvgIpc) is 3.44. The van der Waals surface area contributed by atoms with Crippen molar-refractivity contribution < 1.29 is 23.8 Å². The summed E-state index contributed by atoms with van der Waals surface area (Å²) in [5.74, 6) is -1.15. The Hall–Kier alpha value is -4.32. The molecule has 5 rings (SSSR count). The molecule has 0 bridgehead atoms. The second-order valence-corrected chi connectivity index (χ2v) is 10.7. The Morgan fingerprint density at radius 1 is 0.829 bits per heavy atom. The number of nitrogens with zero attached hydrogens (tertiary/aromatic N) is 1. The van der Waals surface area contributed by atoms with Gasteiger partial charge in [0.05, 0.1) is 16.6 Å². The number of hydrogen-bond acceptors (Lipinski definition) is 8. The number of ether oxygens (including phenoxy) is 3. The molecular weight excluding hydrogens is 612 g/mol. The molecule has 0 radical (unpaired) electrons. The summed E-state index contributed by atoms with van der Waals surface area (Å²) in [6.07, 6.45) is -0.918. The molecule has 0 saturated heterocycles. The highest BCUT2D eigenvalue weighted by atomic mass is 79.9. The Morgan fingerprint density at radius 3 is 1.95 bits per heavy atom. The maximum absolute atomic E-state index is 13.0. The Labute approximate surface area is 246 Å². The highest BCUT2D eigenvalue weighted by Crippen LogP contribution is 2.32. The SMILES string of the molecule is O=C(OCC(COC(=O)c1ccccc1)OCn1c(=O)[nH]c(=O)c2scc(-c3ccc(Br)cc3)c21)c1ccccc1. The van der Waals surface area contributed by atoms with Crippen LogP contribution in [0.4, 0.5) is 0 Å². The van der Waals surface area contributed by atoms with Crippen molar-refractivity contribution in [1.29, 1.82) is 0 Å². The predicted molar refractivity (Wildman–Crippen MR) is 158 cm³/mol. The Balaban J connectivity index is 1.40. The van der Waals surface area contributed by atoms with Crippen LogP contribution >= 0.6 is 27.3 Å². The van der Waals surface area contributed by atoms with Gasteiger partial charge in [0.1, 0.15) is 30.7 Å². The molecule has 41 heavy (non-hydrogen) atoms. The minimum atomic E-state index is -0.918. The average molecular weight is 635 g/mol. The van der Waals surface area contributed by atoms with Crippen molar-refractivity contribution in [2.24, 2.45) is 0 Å². The van der Waals surface area contributed by atoms with Crippen molar-refractivity contribution in [1.82, 2.24) is 9.55 Å². The van der Waals surface area contributed by atoms with Crippen LogP contribution in [0.1, 0.15) is 20.7 Å². The first-order valence-electron chi connectivity index (χ1n) is 12.5. The van der Waals surface area contributed by atoms with E-state index in [4.69, 9.17) is 14.2 Å². The minimum Gasteiger partial charge on any atom is -0.459 e. The first kappa shape index (κ1) is 28.2. The molecule has 1 N–H and O–H groups in total. The standard InChI is InChI=1S/C30H23BrN2O7S/c31-22-13-11-19(12-14-22)24-17-41-26-25(24)33(30(37)32-27(26)34)18-40-23(15-38-28(35)20-7-3-1-4-8-20)16-39-29(36)21-9-5-2-6-10-21/h1-14,17,23H,15-16,18H2,(H,32,34,37). The maximum Gasteiger partial charge on any atom is 0.338 e.